The van der Waals surface area contributed by atoms with E-state index in [0.29, 0.717) is 19.3 Å². The van der Waals surface area contributed by atoms with Crippen LogP contribution in [0.15, 0.2) is 48.5 Å². The van der Waals surface area contributed by atoms with Crippen LogP contribution in [0.4, 0.5) is 4.79 Å². The Morgan fingerprint density at radius 3 is 2.26 bits per heavy atom. The summed E-state index contributed by atoms with van der Waals surface area (Å²) < 4.78 is 11.1. The van der Waals surface area contributed by atoms with E-state index >= 15 is 0 Å². The van der Waals surface area contributed by atoms with Crippen LogP contribution in [-0.4, -0.2) is 55.0 Å². The van der Waals surface area contributed by atoms with E-state index in [1.807, 2.05) is 24.3 Å². The molecule has 2 fully saturated rings. The van der Waals surface area contributed by atoms with Crippen molar-refractivity contribution in [3.63, 3.8) is 0 Å². The first-order valence-electron chi connectivity index (χ1n) is 11.7. The monoisotopic (exact) mass is 464 g/mol. The molecule has 3 N–H and O–H groups in total. The van der Waals surface area contributed by atoms with Gasteiger partial charge in [0.05, 0.1) is 31.1 Å². The Morgan fingerprint density at radius 1 is 0.941 bits per heavy atom. The van der Waals surface area contributed by atoms with Crippen LogP contribution in [0.1, 0.15) is 36.3 Å². The van der Waals surface area contributed by atoms with Crippen LogP contribution in [0, 0.1) is 11.8 Å². The van der Waals surface area contributed by atoms with Crippen LogP contribution < -0.4 is 10.6 Å². The average molecular weight is 465 g/mol. The largest absolute Gasteiger partial charge is 0.481 e. The minimum absolute atomic E-state index is 0.0402. The maximum Gasteiger partial charge on any atom is 0.407 e. The van der Waals surface area contributed by atoms with Gasteiger partial charge in [-0.15, -0.1) is 0 Å². The zero-order valence-corrected chi connectivity index (χ0v) is 18.7. The number of amides is 2. The molecule has 4 atom stereocenters. The highest BCUT2D eigenvalue weighted by molar-refractivity contribution is 5.82. The summed E-state index contributed by atoms with van der Waals surface area (Å²) in [5, 5.41) is 14.9. The minimum Gasteiger partial charge on any atom is -0.481 e. The molecule has 1 saturated heterocycles. The molecule has 1 heterocycles. The summed E-state index contributed by atoms with van der Waals surface area (Å²) in [5.74, 6) is -2.04. The van der Waals surface area contributed by atoms with E-state index < -0.39 is 29.9 Å². The minimum atomic E-state index is -0.823. The lowest BCUT2D eigenvalue weighted by molar-refractivity contribution is -0.141. The van der Waals surface area contributed by atoms with Gasteiger partial charge in [-0.05, 0) is 41.5 Å². The zero-order chi connectivity index (χ0) is 23.7. The molecular formula is C26H28N2O6. The van der Waals surface area contributed by atoms with Gasteiger partial charge in [-0.1, -0.05) is 48.5 Å². The van der Waals surface area contributed by atoms with Gasteiger partial charge in [0.25, 0.3) is 0 Å². The summed E-state index contributed by atoms with van der Waals surface area (Å²) in [6.07, 6.45) is 1.05. The van der Waals surface area contributed by atoms with Gasteiger partial charge in [-0.25, -0.2) is 4.79 Å². The van der Waals surface area contributed by atoms with Crippen molar-refractivity contribution in [2.24, 2.45) is 11.8 Å². The number of hydrogen-bond donors (Lipinski definition) is 3. The Balaban J connectivity index is 1.17. The van der Waals surface area contributed by atoms with Gasteiger partial charge >= 0.3 is 12.1 Å². The zero-order valence-electron chi connectivity index (χ0n) is 18.7. The van der Waals surface area contributed by atoms with E-state index in [-0.39, 0.29) is 37.7 Å². The summed E-state index contributed by atoms with van der Waals surface area (Å²) in [7, 11) is 0. The number of aliphatic carboxylic acids is 1. The van der Waals surface area contributed by atoms with Gasteiger partial charge in [0.2, 0.25) is 5.91 Å². The van der Waals surface area contributed by atoms with Gasteiger partial charge in [-0.2, -0.15) is 0 Å². The van der Waals surface area contributed by atoms with Crippen molar-refractivity contribution in [1.29, 1.82) is 0 Å². The summed E-state index contributed by atoms with van der Waals surface area (Å²) in [6, 6.07) is 15.6. The summed E-state index contributed by atoms with van der Waals surface area (Å²) >= 11 is 0. The number of hydrogen-bond acceptors (Lipinski definition) is 5. The first-order valence-corrected chi connectivity index (χ1v) is 11.7. The van der Waals surface area contributed by atoms with Crippen molar-refractivity contribution in [1.82, 2.24) is 10.6 Å². The van der Waals surface area contributed by atoms with E-state index in [0.717, 1.165) is 22.3 Å². The number of ether oxygens (including phenoxy) is 2. The van der Waals surface area contributed by atoms with Gasteiger partial charge in [0.1, 0.15) is 6.61 Å². The second-order valence-electron chi connectivity index (χ2n) is 9.27. The maximum atomic E-state index is 12.8. The number of alkyl carbamates (subject to hydrolysis) is 1. The normalized spacial score (nSPS) is 25.4. The molecule has 0 spiro atoms. The predicted octanol–water partition coefficient (Wildman–Crippen LogP) is 2.91. The topological polar surface area (TPSA) is 114 Å². The van der Waals surface area contributed by atoms with Crippen LogP contribution in [0.3, 0.4) is 0 Å². The molecular weight excluding hydrogens is 436 g/mol. The van der Waals surface area contributed by atoms with E-state index in [4.69, 9.17) is 14.6 Å². The molecule has 2 aromatic carbocycles. The molecule has 0 aromatic heterocycles. The van der Waals surface area contributed by atoms with Crippen molar-refractivity contribution in [2.45, 2.75) is 37.3 Å². The first-order chi connectivity index (χ1) is 16.5. The number of carbonyl (C=O) groups is 3. The van der Waals surface area contributed by atoms with Crippen LogP contribution in [0.25, 0.3) is 11.1 Å². The third-order valence-electron chi connectivity index (χ3n) is 7.19. The van der Waals surface area contributed by atoms with Gasteiger partial charge in [-0.3, -0.25) is 9.59 Å². The lowest BCUT2D eigenvalue weighted by atomic mass is 9.98. The lowest BCUT2D eigenvalue weighted by Gasteiger charge is -2.21. The van der Waals surface area contributed by atoms with Crippen LogP contribution in [0.2, 0.25) is 0 Å². The van der Waals surface area contributed by atoms with Crippen molar-refractivity contribution >= 4 is 18.0 Å². The molecule has 1 saturated carbocycles. The third kappa shape index (κ3) is 4.37. The summed E-state index contributed by atoms with van der Waals surface area (Å²) in [6.45, 7) is 0.628. The third-order valence-corrected chi connectivity index (χ3v) is 7.19. The van der Waals surface area contributed by atoms with Gasteiger partial charge in [0, 0.05) is 12.0 Å². The summed E-state index contributed by atoms with van der Waals surface area (Å²) in [5.41, 5.74) is 4.58. The fraction of sp³-hybridized carbons (Fsp3) is 0.423. The molecule has 2 aliphatic carbocycles. The van der Waals surface area contributed by atoms with Crippen molar-refractivity contribution in [3.05, 3.63) is 59.7 Å². The highest BCUT2D eigenvalue weighted by Gasteiger charge is 2.38. The second kappa shape index (κ2) is 9.46. The number of carboxylic acid groups (broad SMARTS) is 1. The van der Waals surface area contributed by atoms with Crippen LogP contribution in [-0.2, 0) is 19.1 Å². The Bertz CT molecular complexity index is 1060. The smallest absolute Gasteiger partial charge is 0.407 e. The predicted molar refractivity (Wildman–Crippen MR) is 123 cm³/mol. The number of fused-ring (bicyclic) bond motifs is 3. The van der Waals surface area contributed by atoms with E-state index in [1.54, 1.807) is 0 Å². The van der Waals surface area contributed by atoms with Gasteiger partial charge in [0.15, 0.2) is 0 Å². The molecule has 5 rings (SSSR count). The molecule has 8 nitrogen and oxygen atoms in total. The second-order valence-corrected chi connectivity index (χ2v) is 9.27. The average Bonchev–Trinajstić information content (AvgIpc) is 3.56. The number of rotatable bonds is 6. The van der Waals surface area contributed by atoms with Crippen LogP contribution >= 0.6 is 0 Å². The molecule has 34 heavy (non-hydrogen) atoms. The molecule has 178 valence electrons. The van der Waals surface area contributed by atoms with E-state index in [9.17, 15) is 14.4 Å². The van der Waals surface area contributed by atoms with Crippen molar-refractivity contribution in [2.75, 3.05) is 19.8 Å². The molecule has 8 heteroatoms. The SMILES string of the molecule is O=C(NC1COCC1C(=O)N[C@H]1CC[C@@H](C(=O)O)C1)OCC1c2ccccc2-c2ccccc21. The standard InChI is InChI=1S/C26H28N2O6/c29-24(27-16-10-9-15(11-16)25(30)31)22-12-33-14-23(22)28-26(32)34-13-21-19-7-3-1-5-17(19)18-6-2-4-8-20(18)21/h1-8,15-16,21-23H,9-14H2,(H,27,29)(H,28,32)(H,30,31)/t15-,16+,22?,23?/m1/s1. The Labute approximate surface area is 197 Å². The Kier molecular flexibility index (Phi) is 6.24. The van der Waals surface area contributed by atoms with Crippen LogP contribution in [0.5, 0.6) is 0 Å². The molecule has 3 aliphatic rings. The van der Waals surface area contributed by atoms with Crippen molar-refractivity contribution in [3.8, 4) is 11.1 Å². The Morgan fingerprint density at radius 2 is 1.62 bits per heavy atom. The lowest BCUT2D eigenvalue weighted by Crippen LogP contribution is -2.48. The number of carbonyl (C=O) groups excluding carboxylic acids is 2. The number of carboxylic acids is 1. The maximum absolute atomic E-state index is 12.8. The fourth-order valence-electron chi connectivity index (χ4n) is 5.39. The molecule has 2 unspecified atom stereocenters. The van der Waals surface area contributed by atoms with Gasteiger partial charge < -0.3 is 25.2 Å². The highest BCUT2D eigenvalue weighted by atomic mass is 16.5. The molecule has 2 amide bonds. The first kappa shape index (κ1) is 22.4. The number of benzene rings is 2. The van der Waals surface area contributed by atoms with Crippen molar-refractivity contribution < 1.29 is 29.0 Å². The molecule has 0 bridgehead atoms. The fourth-order valence-corrected chi connectivity index (χ4v) is 5.39. The Hall–Kier alpha value is -3.39. The molecule has 2 aromatic rings. The molecule has 0 radical (unpaired) electrons. The quantitative estimate of drug-likeness (QED) is 0.606. The highest BCUT2D eigenvalue weighted by Crippen LogP contribution is 2.44. The number of nitrogens with one attached hydrogen (secondary N) is 2. The van der Waals surface area contributed by atoms with E-state index in [1.165, 1.54) is 0 Å². The van der Waals surface area contributed by atoms with E-state index in [2.05, 4.69) is 34.9 Å². The molecule has 1 aliphatic heterocycles. The summed E-state index contributed by atoms with van der Waals surface area (Å²) in [4.78, 5) is 36.6.